The lowest BCUT2D eigenvalue weighted by atomic mass is 10.0. The first-order valence-electron chi connectivity index (χ1n) is 10.3. The van der Waals surface area contributed by atoms with Gasteiger partial charge in [0, 0.05) is 11.6 Å². The van der Waals surface area contributed by atoms with Gasteiger partial charge in [-0.2, -0.15) is 0 Å². The highest BCUT2D eigenvalue weighted by atomic mass is 79.9. The molecule has 4 rings (SSSR count). The summed E-state index contributed by atoms with van der Waals surface area (Å²) in [6, 6.07) is 13.2. The number of esters is 1. The Hall–Kier alpha value is -3.98. The van der Waals surface area contributed by atoms with Crippen LogP contribution < -0.4 is 29.1 Å². The molecule has 1 aromatic heterocycles. The number of halogens is 1. The van der Waals surface area contributed by atoms with E-state index < -0.39 is 5.97 Å². The molecule has 8 nitrogen and oxygen atoms in total. The van der Waals surface area contributed by atoms with Gasteiger partial charge >= 0.3 is 5.97 Å². The molecule has 0 saturated carbocycles. The minimum absolute atomic E-state index is 0.160. The molecular weight excluding hydrogens is 520 g/mol. The first-order chi connectivity index (χ1) is 16.9. The molecular formula is C26H21BrO8. The van der Waals surface area contributed by atoms with E-state index in [4.69, 9.17) is 28.1 Å². The van der Waals surface area contributed by atoms with Crippen LogP contribution in [0.15, 0.2) is 68.5 Å². The fourth-order valence-corrected chi connectivity index (χ4v) is 4.28. The van der Waals surface area contributed by atoms with E-state index in [0.717, 1.165) is 0 Å². The second kappa shape index (κ2) is 10.1. The third kappa shape index (κ3) is 4.42. The van der Waals surface area contributed by atoms with Crippen LogP contribution in [0.5, 0.6) is 28.7 Å². The number of fused-ring (bicyclic) bond motifs is 1. The van der Waals surface area contributed by atoms with Crippen LogP contribution in [0.25, 0.3) is 22.1 Å². The van der Waals surface area contributed by atoms with E-state index in [9.17, 15) is 9.59 Å². The number of methoxy groups -OCH3 is 4. The lowest BCUT2D eigenvalue weighted by Gasteiger charge is -2.16. The average Bonchev–Trinajstić information content (AvgIpc) is 2.88. The summed E-state index contributed by atoms with van der Waals surface area (Å²) in [5.74, 6) is 0.984. The van der Waals surface area contributed by atoms with E-state index in [1.165, 1.54) is 52.9 Å². The fraction of sp³-hybridized carbons (Fsp3) is 0.154. The van der Waals surface area contributed by atoms with Crippen LogP contribution >= 0.6 is 15.9 Å². The van der Waals surface area contributed by atoms with Crippen molar-refractivity contribution >= 4 is 32.9 Å². The minimum Gasteiger partial charge on any atom is -0.496 e. The number of rotatable bonds is 7. The molecule has 0 aliphatic rings. The van der Waals surface area contributed by atoms with Gasteiger partial charge in [0.2, 0.25) is 11.2 Å². The maximum Gasteiger partial charge on any atom is 0.344 e. The van der Waals surface area contributed by atoms with Crippen molar-refractivity contribution in [1.82, 2.24) is 0 Å². The minimum atomic E-state index is -0.677. The molecule has 9 heteroatoms. The number of hydrogen-bond acceptors (Lipinski definition) is 8. The quantitative estimate of drug-likeness (QED) is 0.225. The SMILES string of the molecule is COc1ccccc1-c1coc2cc(OC(=O)c3cc(OC)c(OC)c(OC)c3Br)ccc2c1=O. The van der Waals surface area contributed by atoms with Crippen LogP contribution in [-0.4, -0.2) is 34.4 Å². The van der Waals surface area contributed by atoms with E-state index in [-0.39, 0.29) is 28.1 Å². The molecule has 0 spiro atoms. The van der Waals surface area contributed by atoms with Crippen molar-refractivity contribution in [3.63, 3.8) is 0 Å². The Kier molecular flexibility index (Phi) is 6.97. The molecule has 0 aliphatic heterocycles. The molecule has 0 saturated heterocycles. The molecule has 35 heavy (non-hydrogen) atoms. The summed E-state index contributed by atoms with van der Waals surface area (Å²) in [5.41, 5.74) is 1.17. The monoisotopic (exact) mass is 540 g/mol. The maximum atomic E-state index is 13.1. The van der Waals surface area contributed by atoms with E-state index in [2.05, 4.69) is 15.9 Å². The van der Waals surface area contributed by atoms with Crippen molar-refractivity contribution in [3.05, 3.63) is 75.1 Å². The topological polar surface area (TPSA) is 93.4 Å². The predicted molar refractivity (Wildman–Crippen MR) is 133 cm³/mol. The van der Waals surface area contributed by atoms with E-state index in [0.29, 0.717) is 38.2 Å². The summed E-state index contributed by atoms with van der Waals surface area (Å²) in [6.07, 6.45) is 1.36. The van der Waals surface area contributed by atoms with E-state index in [1.807, 2.05) is 12.1 Å². The van der Waals surface area contributed by atoms with Gasteiger partial charge in [0.25, 0.3) is 0 Å². The second-order valence-corrected chi connectivity index (χ2v) is 8.03. The van der Waals surface area contributed by atoms with E-state index in [1.54, 1.807) is 18.2 Å². The lowest BCUT2D eigenvalue weighted by Crippen LogP contribution is -2.11. The van der Waals surface area contributed by atoms with Gasteiger partial charge in [-0.1, -0.05) is 18.2 Å². The molecule has 180 valence electrons. The van der Waals surface area contributed by atoms with Gasteiger partial charge in [-0.05, 0) is 40.2 Å². The van der Waals surface area contributed by atoms with Crippen LogP contribution in [0.3, 0.4) is 0 Å². The third-order valence-corrected chi connectivity index (χ3v) is 6.13. The van der Waals surface area contributed by atoms with Gasteiger partial charge in [0.05, 0.1) is 49.4 Å². The van der Waals surface area contributed by atoms with Gasteiger partial charge in [0.1, 0.15) is 23.3 Å². The molecule has 3 aromatic carbocycles. The summed E-state index contributed by atoms with van der Waals surface area (Å²) in [6.45, 7) is 0. The van der Waals surface area contributed by atoms with Crippen molar-refractivity contribution in [3.8, 4) is 39.9 Å². The van der Waals surface area contributed by atoms with Crippen molar-refractivity contribution in [1.29, 1.82) is 0 Å². The van der Waals surface area contributed by atoms with Gasteiger partial charge in [-0.25, -0.2) is 4.79 Å². The van der Waals surface area contributed by atoms with Crippen LogP contribution in [0.2, 0.25) is 0 Å². The molecule has 0 bridgehead atoms. The Morgan fingerprint density at radius 1 is 0.829 bits per heavy atom. The highest BCUT2D eigenvalue weighted by Crippen LogP contribution is 2.45. The Morgan fingerprint density at radius 2 is 1.54 bits per heavy atom. The Bertz CT molecular complexity index is 1470. The number of carbonyl (C=O) groups excluding carboxylic acids is 1. The zero-order valence-electron chi connectivity index (χ0n) is 19.3. The summed E-state index contributed by atoms with van der Waals surface area (Å²) in [4.78, 5) is 26.1. The molecule has 0 amide bonds. The van der Waals surface area contributed by atoms with Gasteiger partial charge < -0.3 is 28.1 Å². The third-order valence-electron chi connectivity index (χ3n) is 5.34. The summed E-state index contributed by atoms with van der Waals surface area (Å²) < 4.78 is 33.0. The van der Waals surface area contributed by atoms with Crippen LogP contribution in [0, 0.1) is 0 Å². The number of benzene rings is 3. The largest absolute Gasteiger partial charge is 0.496 e. The Morgan fingerprint density at radius 3 is 2.23 bits per heavy atom. The zero-order chi connectivity index (χ0) is 25.1. The molecule has 4 aromatic rings. The van der Waals surface area contributed by atoms with Crippen LogP contribution in [-0.2, 0) is 0 Å². The predicted octanol–water partition coefficient (Wildman–Crippen LogP) is 5.48. The first kappa shape index (κ1) is 24.2. The Labute approximate surface area is 209 Å². The molecule has 0 fully saturated rings. The van der Waals surface area contributed by atoms with E-state index >= 15 is 0 Å². The lowest BCUT2D eigenvalue weighted by molar-refractivity contribution is 0.0733. The molecule has 1 heterocycles. The van der Waals surface area contributed by atoms with Crippen molar-refractivity contribution in [2.45, 2.75) is 0 Å². The number of ether oxygens (including phenoxy) is 5. The zero-order valence-corrected chi connectivity index (χ0v) is 20.9. The number of para-hydroxylation sites is 1. The Balaban J connectivity index is 1.70. The average molecular weight is 541 g/mol. The highest BCUT2D eigenvalue weighted by molar-refractivity contribution is 9.10. The molecule has 0 N–H and O–H groups in total. The molecule has 0 radical (unpaired) electrons. The molecule has 0 atom stereocenters. The molecule has 0 aliphatic carbocycles. The van der Waals surface area contributed by atoms with Crippen LogP contribution in [0.4, 0.5) is 0 Å². The first-order valence-corrected chi connectivity index (χ1v) is 11.1. The second-order valence-electron chi connectivity index (χ2n) is 7.23. The van der Waals surface area contributed by atoms with Crippen molar-refractivity contribution < 1.29 is 32.9 Å². The van der Waals surface area contributed by atoms with Crippen molar-refractivity contribution in [2.24, 2.45) is 0 Å². The standard InChI is InChI=1S/C26H21BrO8/c1-30-19-8-6-5-7-15(19)18-13-34-20-11-14(9-10-16(20)23(18)28)35-26(29)17-12-21(31-2)24(32-3)25(33-4)22(17)27/h5-13H,1-4H3. The normalized spacial score (nSPS) is 10.7. The van der Waals surface area contributed by atoms with Gasteiger partial charge in [0.15, 0.2) is 11.5 Å². The highest BCUT2D eigenvalue weighted by Gasteiger charge is 2.24. The number of hydrogen-bond donors (Lipinski definition) is 0. The summed E-state index contributed by atoms with van der Waals surface area (Å²) >= 11 is 3.37. The van der Waals surface area contributed by atoms with Gasteiger partial charge in [-0.3, -0.25) is 4.79 Å². The number of carbonyl (C=O) groups is 1. The fourth-order valence-electron chi connectivity index (χ4n) is 3.66. The van der Waals surface area contributed by atoms with Crippen LogP contribution in [0.1, 0.15) is 10.4 Å². The summed E-state index contributed by atoms with van der Waals surface area (Å²) in [7, 11) is 5.90. The summed E-state index contributed by atoms with van der Waals surface area (Å²) in [5, 5.41) is 0.335. The maximum absolute atomic E-state index is 13.1. The van der Waals surface area contributed by atoms with Gasteiger partial charge in [-0.15, -0.1) is 0 Å². The molecule has 0 unspecified atom stereocenters. The smallest absolute Gasteiger partial charge is 0.344 e. The van der Waals surface area contributed by atoms with Crippen molar-refractivity contribution in [2.75, 3.05) is 28.4 Å².